The number of aromatic amines is 1. The van der Waals surface area contributed by atoms with Gasteiger partial charge in [-0.3, -0.25) is 9.59 Å². The van der Waals surface area contributed by atoms with E-state index in [1.165, 1.54) is 0 Å². The van der Waals surface area contributed by atoms with E-state index in [0.717, 1.165) is 6.20 Å². The smallest absolute Gasteiger partial charge is 0.404 e. The highest BCUT2D eigenvalue weighted by Crippen LogP contribution is 2.28. The molecule has 0 aliphatic carbocycles. The Bertz CT molecular complexity index is 455. The second kappa shape index (κ2) is 4.69. The minimum Gasteiger partial charge on any atom is -0.404 e. The van der Waals surface area contributed by atoms with Gasteiger partial charge in [0.1, 0.15) is 5.56 Å². The maximum Gasteiger partial charge on any atom is 0.573 e. The lowest BCUT2D eigenvalue weighted by Gasteiger charge is -2.12. The summed E-state index contributed by atoms with van der Waals surface area (Å²) in [7, 11) is 0. The van der Waals surface area contributed by atoms with E-state index in [1.807, 2.05) is 0 Å². The van der Waals surface area contributed by atoms with Gasteiger partial charge in [0.25, 0.3) is 5.56 Å². The van der Waals surface area contributed by atoms with Crippen LogP contribution in [0.2, 0.25) is 0 Å². The molecule has 0 aliphatic rings. The Hall–Kier alpha value is -1.31. The molecule has 0 aliphatic heterocycles. The quantitative estimate of drug-likeness (QED) is 0.686. The number of nitrogens with one attached hydrogen (secondary N) is 1. The van der Waals surface area contributed by atoms with Crippen molar-refractivity contribution >= 4 is 22.2 Å². The third-order valence-electron chi connectivity index (χ3n) is 1.64. The van der Waals surface area contributed by atoms with Crippen LogP contribution in [0.4, 0.5) is 13.2 Å². The number of aromatic nitrogens is 1. The molecule has 1 aromatic rings. The highest BCUT2D eigenvalue weighted by atomic mass is 79.9. The summed E-state index contributed by atoms with van der Waals surface area (Å²) in [6.45, 7) is 0. The maximum absolute atomic E-state index is 12.0. The van der Waals surface area contributed by atoms with Crippen LogP contribution in [0, 0.1) is 0 Å². The van der Waals surface area contributed by atoms with Crippen LogP contribution in [0.25, 0.3) is 0 Å². The van der Waals surface area contributed by atoms with Crippen LogP contribution in [0.1, 0.15) is 15.9 Å². The molecule has 0 amide bonds. The number of halogens is 4. The van der Waals surface area contributed by atoms with Crippen molar-refractivity contribution in [1.82, 2.24) is 4.98 Å². The molecule has 0 unspecified atom stereocenters. The van der Waals surface area contributed by atoms with E-state index in [4.69, 9.17) is 0 Å². The number of hydrogen-bond acceptors (Lipinski definition) is 3. The molecular formula is C8H5BrF3NO3. The summed E-state index contributed by atoms with van der Waals surface area (Å²) in [4.78, 5) is 23.7. The van der Waals surface area contributed by atoms with Crippen LogP contribution in [0.3, 0.4) is 0 Å². The van der Waals surface area contributed by atoms with Gasteiger partial charge in [-0.05, 0) is 0 Å². The van der Waals surface area contributed by atoms with Gasteiger partial charge < -0.3 is 9.72 Å². The fourth-order valence-electron chi connectivity index (χ4n) is 1.01. The molecule has 1 N–H and O–H groups in total. The molecule has 0 saturated carbocycles. The molecule has 0 aromatic carbocycles. The first-order valence-electron chi connectivity index (χ1n) is 3.90. The molecule has 0 atom stereocenters. The summed E-state index contributed by atoms with van der Waals surface area (Å²) in [6, 6.07) is 0. The van der Waals surface area contributed by atoms with Crippen molar-refractivity contribution in [3.05, 3.63) is 27.7 Å². The molecular weight excluding hydrogens is 295 g/mol. The summed E-state index contributed by atoms with van der Waals surface area (Å²) in [5.41, 5.74) is -1.59. The number of pyridine rings is 1. The number of aldehydes is 1. The predicted octanol–water partition coefficient (Wildman–Crippen LogP) is 1.98. The average molecular weight is 300 g/mol. The Labute approximate surface area is 95.5 Å². The molecule has 1 aromatic heterocycles. The van der Waals surface area contributed by atoms with Gasteiger partial charge in [0, 0.05) is 17.1 Å². The fourth-order valence-corrected chi connectivity index (χ4v) is 1.43. The van der Waals surface area contributed by atoms with Gasteiger partial charge in [0.05, 0.1) is 0 Å². The predicted molar refractivity (Wildman–Crippen MR) is 51.8 cm³/mol. The number of rotatable bonds is 3. The highest BCUT2D eigenvalue weighted by molar-refractivity contribution is 9.08. The minimum absolute atomic E-state index is 0.00995. The Balaban J connectivity index is 3.37. The molecule has 0 radical (unpaired) electrons. The van der Waals surface area contributed by atoms with Crippen molar-refractivity contribution in [2.75, 3.05) is 0 Å². The van der Waals surface area contributed by atoms with Crippen molar-refractivity contribution in [1.29, 1.82) is 0 Å². The van der Waals surface area contributed by atoms with E-state index >= 15 is 0 Å². The van der Waals surface area contributed by atoms with Gasteiger partial charge in [0.15, 0.2) is 12.0 Å². The molecule has 1 rings (SSSR count). The van der Waals surface area contributed by atoms with Gasteiger partial charge in [-0.15, -0.1) is 13.2 Å². The molecule has 1 heterocycles. The number of carbonyl (C=O) groups is 1. The summed E-state index contributed by atoms with van der Waals surface area (Å²) in [6.07, 6.45) is -3.89. The van der Waals surface area contributed by atoms with Crippen LogP contribution < -0.4 is 10.3 Å². The van der Waals surface area contributed by atoms with Crippen molar-refractivity contribution in [3.63, 3.8) is 0 Å². The number of carbonyl (C=O) groups excluding carboxylic acids is 1. The molecule has 4 nitrogen and oxygen atoms in total. The zero-order chi connectivity index (χ0) is 12.3. The van der Waals surface area contributed by atoms with E-state index in [9.17, 15) is 22.8 Å². The van der Waals surface area contributed by atoms with Crippen molar-refractivity contribution < 1.29 is 22.7 Å². The van der Waals surface area contributed by atoms with Gasteiger partial charge in [-0.2, -0.15) is 0 Å². The molecule has 16 heavy (non-hydrogen) atoms. The lowest BCUT2D eigenvalue weighted by Crippen LogP contribution is -2.23. The first-order chi connectivity index (χ1) is 7.39. The van der Waals surface area contributed by atoms with E-state index in [-0.39, 0.29) is 17.2 Å². The Morgan fingerprint density at radius 3 is 2.56 bits per heavy atom. The summed E-state index contributed by atoms with van der Waals surface area (Å²) in [5, 5.41) is 0.00995. The largest absolute Gasteiger partial charge is 0.573 e. The van der Waals surface area contributed by atoms with Crippen molar-refractivity contribution in [3.8, 4) is 5.75 Å². The first-order valence-corrected chi connectivity index (χ1v) is 5.02. The molecule has 0 fully saturated rings. The summed E-state index contributed by atoms with van der Waals surface area (Å²) < 4.78 is 39.8. The average Bonchev–Trinajstić information content (AvgIpc) is 2.16. The Morgan fingerprint density at radius 1 is 1.50 bits per heavy atom. The SMILES string of the molecule is O=Cc1c(OC(F)(F)F)c(CBr)c[nH]c1=O. The maximum atomic E-state index is 12.0. The van der Waals surface area contributed by atoms with Crippen molar-refractivity contribution in [2.45, 2.75) is 11.7 Å². The normalized spacial score (nSPS) is 11.2. The minimum atomic E-state index is -4.96. The van der Waals surface area contributed by atoms with Gasteiger partial charge in [-0.25, -0.2) is 0 Å². The van der Waals surface area contributed by atoms with Crippen LogP contribution in [-0.2, 0) is 5.33 Å². The van der Waals surface area contributed by atoms with Crippen LogP contribution in [0.15, 0.2) is 11.0 Å². The lowest BCUT2D eigenvalue weighted by molar-refractivity contribution is -0.275. The summed E-state index contributed by atoms with van der Waals surface area (Å²) >= 11 is 2.92. The van der Waals surface area contributed by atoms with Crippen LogP contribution in [-0.4, -0.2) is 17.6 Å². The number of hydrogen-bond donors (Lipinski definition) is 1. The molecule has 88 valence electrons. The second-order valence-electron chi connectivity index (χ2n) is 2.69. The standard InChI is InChI=1S/C8H5BrF3NO3/c9-1-4-2-13-7(15)5(3-14)6(4)16-8(10,11)12/h2-3H,1H2,(H,13,15). The third kappa shape index (κ3) is 2.84. The van der Waals surface area contributed by atoms with E-state index in [1.54, 1.807) is 0 Å². The topological polar surface area (TPSA) is 59.2 Å². The third-order valence-corrected chi connectivity index (χ3v) is 2.24. The first kappa shape index (κ1) is 12.8. The highest BCUT2D eigenvalue weighted by Gasteiger charge is 2.33. The molecule has 0 saturated heterocycles. The van der Waals surface area contributed by atoms with Crippen LogP contribution in [0.5, 0.6) is 5.75 Å². The van der Waals surface area contributed by atoms with Gasteiger partial charge >= 0.3 is 6.36 Å². The van der Waals surface area contributed by atoms with E-state index in [0.29, 0.717) is 0 Å². The zero-order valence-electron chi connectivity index (χ0n) is 7.60. The molecule has 0 spiro atoms. The Morgan fingerprint density at radius 2 is 2.12 bits per heavy atom. The lowest BCUT2D eigenvalue weighted by atomic mass is 10.2. The zero-order valence-corrected chi connectivity index (χ0v) is 9.18. The molecule has 0 bridgehead atoms. The van der Waals surface area contributed by atoms with Crippen LogP contribution >= 0.6 is 15.9 Å². The van der Waals surface area contributed by atoms with E-state index in [2.05, 4.69) is 25.7 Å². The van der Waals surface area contributed by atoms with Gasteiger partial charge in [0.2, 0.25) is 0 Å². The fraction of sp³-hybridized carbons (Fsp3) is 0.250. The Kier molecular flexibility index (Phi) is 3.74. The number of ether oxygens (including phenoxy) is 1. The van der Waals surface area contributed by atoms with E-state index < -0.39 is 23.2 Å². The number of H-pyrrole nitrogens is 1. The second-order valence-corrected chi connectivity index (χ2v) is 3.25. The molecule has 8 heteroatoms. The monoisotopic (exact) mass is 299 g/mol. The summed E-state index contributed by atoms with van der Waals surface area (Å²) in [5.74, 6) is -0.775. The number of alkyl halides is 4. The van der Waals surface area contributed by atoms with Gasteiger partial charge in [-0.1, -0.05) is 15.9 Å². The van der Waals surface area contributed by atoms with Crippen molar-refractivity contribution in [2.24, 2.45) is 0 Å².